The van der Waals surface area contributed by atoms with Crippen LogP contribution >= 0.6 is 0 Å². The fourth-order valence-electron chi connectivity index (χ4n) is 1.83. The summed E-state index contributed by atoms with van der Waals surface area (Å²) >= 11 is 0. The Morgan fingerprint density at radius 3 is 2.62 bits per heavy atom. The first-order valence-corrected chi connectivity index (χ1v) is 5.95. The highest BCUT2D eigenvalue weighted by molar-refractivity contribution is 5.68. The van der Waals surface area contributed by atoms with E-state index >= 15 is 0 Å². The Balaban J connectivity index is 2.56. The molecule has 1 heterocycles. The zero-order valence-corrected chi connectivity index (χ0v) is 10.7. The van der Waals surface area contributed by atoms with Gasteiger partial charge < -0.3 is 14.7 Å². The second kappa shape index (κ2) is 5.04. The van der Waals surface area contributed by atoms with Gasteiger partial charge >= 0.3 is 6.09 Å². The molecule has 0 unspecified atom stereocenters. The van der Waals surface area contributed by atoms with Crippen LogP contribution in [-0.4, -0.2) is 40.9 Å². The molecule has 0 aliphatic carbocycles. The maximum atomic E-state index is 11.8. The summed E-state index contributed by atoms with van der Waals surface area (Å²) in [5.41, 5.74) is -0.453. The molecule has 4 nitrogen and oxygen atoms in total. The third-order valence-corrected chi connectivity index (χ3v) is 2.74. The van der Waals surface area contributed by atoms with E-state index in [1.54, 1.807) is 4.90 Å². The molecule has 1 saturated heterocycles. The van der Waals surface area contributed by atoms with Crippen molar-refractivity contribution >= 4 is 6.09 Å². The van der Waals surface area contributed by atoms with Gasteiger partial charge in [0.1, 0.15) is 5.60 Å². The number of carbonyl (C=O) groups excluding carboxylic acids is 1. The summed E-state index contributed by atoms with van der Waals surface area (Å²) in [6, 6.07) is 0. The molecule has 0 aromatic rings. The SMILES string of the molecule is C[C@@H]1CN(C(=O)OC(C)(C)C)CCC[C@@H]1O. The highest BCUT2D eigenvalue weighted by atomic mass is 16.6. The minimum absolute atomic E-state index is 0.120. The lowest BCUT2D eigenvalue weighted by atomic mass is 10.0. The summed E-state index contributed by atoms with van der Waals surface area (Å²) in [4.78, 5) is 13.5. The molecule has 1 N–H and O–H groups in total. The van der Waals surface area contributed by atoms with Crippen LogP contribution in [-0.2, 0) is 4.74 Å². The van der Waals surface area contributed by atoms with Gasteiger partial charge in [-0.05, 0) is 39.5 Å². The lowest BCUT2D eigenvalue weighted by Gasteiger charge is -2.27. The van der Waals surface area contributed by atoms with Gasteiger partial charge in [-0.15, -0.1) is 0 Å². The Morgan fingerprint density at radius 2 is 2.06 bits per heavy atom. The van der Waals surface area contributed by atoms with Gasteiger partial charge in [-0.3, -0.25) is 0 Å². The number of ether oxygens (including phenoxy) is 1. The van der Waals surface area contributed by atoms with Gasteiger partial charge in [0.2, 0.25) is 0 Å². The number of carbonyl (C=O) groups is 1. The zero-order valence-electron chi connectivity index (χ0n) is 10.7. The van der Waals surface area contributed by atoms with E-state index in [1.165, 1.54) is 0 Å². The van der Waals surface area contributed by atoms with Crippen LogP contribution in [0.15, 0.2) is 0 Å². The number of aliphatic hydroxyl groups is 1. The van der Waals surface area contributed by atoms with Gasteiger partial charge in [0.15, 0.2) is 0 Å². The van der Waals surface area contributed by atoms with Crippen LogP contribution in [0, 0.1) is 5.92 Å². The molecule has 1 aliphatic rings. The first kappa shape index (κ1) is 13.3. The van der Waals surface area contributed by atoms with Crippen molar-refractivity contribution in [3.05, 3.63) is 0 Å². The lowest BCUT2D eigenvalue weighted by molar-refractivity contribution is 0.0212. The number of nitrogens with zero attached hydrogens (tertiary/aromatic N) is 1. The number of hydrogen-bond acceptors (Lipinski definition) is 3. The van der Waals surface area contributed by atoms with Crippen molar-refractivity contribution in [1.82, 2.24) is 4.90 Å². The van der Waals surface area contributed by atoms with Gasteiger partial charge in [0.25, 0.3) is 0 Å². The summed E-state index contributed by atoms with van der Waals surface area (Å²) < 4.78 is 5.32. The van der Waals surface area contributed by atoms with Gasteiger partial charge in [-0.1, -0.05) is 6.92 Å². The van der Waals surface area contributed by atoms with Crippen molar-refractivity contribution in [2.24, 2.45) is 5.92 Å². The highest BCUT2D eigenvalue weighted by Gasteiger charge is 2.28. The van der Waals surface area contributed by atoms with Crippen LogP contribution in [0.2, 0.25) is 0 Å². The molecule has 16 heavy (non-hydrogen) atoms. The lowest BCUT2D eigenvalue weighted by Crippen LogP contribution is -2.39. The summed E-state index contributed by atoms with van der Waals surface area (Å²) in [6.07, 6.45) is 1.03. The molecule has 0 spiro atoms. The quantitative estimate of drug-likeness (QED) is 0.691. The van der Waals surface area contributed by atoms with Crippen LogP contribution in [0.3, 0.4) is 0 Å². The van der Waals surface area contributed by atoms with Gasteiger partial charge in [0.05, 0.1) is 6.10 Å². The van der Waals surface area contributed by atoms with Crippen LogP contribution in [0.1, 0.15) is 40.5 Å². The van der Waals surface area contributed by atoms with E-state index in [9.17, 15) is 9.90 Å². The molecule has 1 amide bonds. The highest BCUT2D eigenvalue weighted by Crippen LogP contribution is 2.19. The van der Waals surface area contributed by atoms with Crippen LogP contribution < -0.4 is 0 Å². The van der Waals surface area contributed by atoms with Crippen LogP contribution in [0.25, 0.3) is 0 Å². The second-order valence-electron chi connectivity index (χ2n) is 5.61. The fourth-order valence-corrected chi connectivity index (χ4v) is 1.83. The Bertz CT molecular complexity index is 247. The maximum absolute atomic E-state index is 11.8. The summed E-state index contributed by atoms with van der Waals surface area (Å²) in [5, 5.41) is 9.71. The van der Waals surface area contributed by atoms with E-state index in [-0.39, 0.29) is 18.1 Å². The predicted molar refractivity (Wildman–Crippen MR) is 62.2 cm³/mol. The molecule has 1 aliphatic heterocycles. The van der Waals surface area contributed by atoms with Gasteiger partial charge in [0, 0.05) is 13.1 Å². The number of hydrogen-bond donors (Lipinski definition) is 1. The maximum Gasteiger partial charge on any atom is 0.410 e. The normalized spacial score (nSPS) is 27.4. The largest absolute Gasteiger partial charge is 0.444 e. The van der Waals surface area contributed by atoms with Crippen LogP contribution in [0.5, 0.6) is 0 Å². The Labute approximate surface area is 97.6 Å². The third kappa shape index (κ3) is 4.00. The fraction of sp³-hybridized carbons (Fsp3) is 0.917. The minimum Gasteiger partial charge on any atom is -0.444 e. The monoisotopic (exact) mass is 229 g/mol. The zero-order chi connectivity index (χ0) is 12.3. The van der Waals surface area contributed by atoms with E-state index in [0.29, 0.717) is 13.1 Å². The molecule has 0 bridgehead atoms. The first-order valence-electron chi connectivity index (χ1n) is 5.95. The summed E-state index contributed by atoms with van der Waals surface area (Å²) in [7, 11) is 0. The average Bonchev–Trinajstić information content (AvgIpc) is 2.27. The van der Waals surface area contributed by atoms with Crippen molar-refractivity contribution in [3.63, 3.8) is 0 Å². The number of amides is 1. The van der Waals surface area contributed by atoms with E-state index < -0.39 is 5.60 Å². The number of aliphatic hydroxyl groups excluding tert-OH is 1. The van der Waals surface area contributed by atoms with E-state index in [2.05, 4.69) is 0 Å². The minimum atomic E-state index is -0.453. The topological polar surface area (TPSA) is 49.8 Å². The van der Waals surface area contributed by atoms with Gasteiger partial charge in [-0.2, -0.15) is 0 Å². The molecule has 0 saturated carbocycles. The molecule has 1 rings (SSSR count). The number of rotatable bonds is 0. The van der Waals surface area contributed by atoms with Crippen molar-refractivity contribution in [3.8, 4) is 0 Å². The standard InChI is InChI=1S/C12H23NO3/c1-9-8-13(7-5-6-10(9)14)11(15)16-12(2,3)4/h9-10,14H,5-8H2,1-4H3/t9-,10+/m1/s1. The molecular weight excluding hydrogens is 206 g/mol. The van der Waals surface area contributed by atoms with Crippen molar-refractivity contribution in [1.29, 1.82) is 0 Å². The molecule has 0 aromatic carbocycles. The molecule has 0 radical (unpaired) electrons. The Kier molecular flexibility index (Phi) is 4.19. The Hall–Kier alpha value is -0.770. The number of likely N-dealkylation sites (tertiary alicyclic amines) is 1. The van der Waals surface area contributed by atoms with Crippen molar-refractivity contribution in [2.75, 3.05) is 13.1 Å². The molecule has 4 heteroatoms. The van der Waals surface area contributed by atoms with Gasteiger partial charge in [-0.25, -0.2) is 4.79 Å². The molecule has 94 valence electrons. The van der Waals surface area contributed by atoms with Crippen molar-refractivity contribution in [2.45, 2.75) is 52.2 Å². The molecule has 2 atom stereocenters. The summed E-state index contributed by atoms with van der Waals surface area (Å²) in [6.45, 7) is 8.81. The molecular formula is C12H23NO3. The Morgan fingerprint density at radius 1 is 1.44 bits per heavy atom. The molecule has 0 aromatic heterocycles. The summed E-state index contributed by atoms with van der Waals surface area (Å²) in [5.74, 6) is 0.120. The smallest absolute Gasteiger partial charge is 0.410 e. The second-order valence-corrected chi connectivity index (χ2v) is 5.61. The van der Waals surface area contributed by atoms with E-state index in [4.69, 9.17) is 4.74 Å². The first-order chi connectivity index (χ1) is 7.29. The van der Waals surface area contributed by atoms with Crippen LogP contribution in [0.4, 0.5) is 4.79 Å². The molecule has 1 fully saturated rings. The average molecular weight is 229 g/mol. The third-order valence-electron chi connectivity index (χ3n) is 2.74. The van der Waals surface area contributed by atoms with E-state index in [0.717, 1.165) is 12.8 Å². The van der Waals surface area contributed by atoms with E-state index in [1.807, 2.05) is 27.7 Å². The van der Waals surface area contributed by atoms with Crippen molar-refractivity contribution < 1.29 is 14.6 Å². The predicted octanol–water partition coefficient (Wildman–Crippen LogP) is 2.01.